The summed E-state index contributed by atoms with van der Waals surface area (Å²) in [4.78, 5) is 16.3. The molecule has 1 heterocycles. The highest BCUT2D eigenvalue weighted by molar-refractivity contribution is 6.34. The molecule has 3 rings (SSSR count). The number of amides is 1. The number of phenolic OH excluding ortho intramolecular Hbond substituents is 1. The van der Waals surface area contributed by atoms with E-state index in [-0.39, 0.29) is 11.5 Å². The highest BCUT2D eigenvalue weighted by Crippen LogP contribution is 2.30. The van der Waals surface area contributed by atoms with Crippen LogP contribution in [0.1, 0.15) is 23.0 Å². The van der Waals surface area contributed by atoms with Crippen molar-refractivity contribution in [3.63, 3.8) is 0 Å². The van der Waals surface area contributed by atoms with Crippen LogP contribution >= 0.6 is 11.6 Å². The van der Waals surface area contributed by atoms with E-state index < -0.39 is 5.91 Å². The van der Waals surface area contributed by atoms with Crippen molar-refractivity contribution in [2.24, 2.45) is 4.99 Å². The highest BCUT2D eigenvalue weighted by Gasteiger charge is 2.11. The molecule has 6 nitrogen and oxygen atoms in total. The predicted molar refractivity (Wildman–Crippen MR) is 105 cm³/mol. The number of phenols is 1. The van der Waals surface area contributed by atoms with Gasteiger partial charge in [-0.15, -0.1) is 0 Å². The number of halogens is 1. The number of aliphatic imine (C=N–C) groups is 1. The molecule has 0 radical (unpaired) electrons. The van der Waals surface area contributed by atoms with Gasteiger partial charge in [0.25, 0.3) is 5.91 Å². The van der Waals surface area contributed by atoms with Gasteiger partial charge in [-0.1, -0.05) is 17.7 Å². The van der Waals surface area contributed by atoms with Crippen molar-refractivity contribution >= 4 is 35.1 Å². The first-order valence-corrected chi connectivity index (χ1v) is 8.59. The van der Waals surface area contributed by atoms with Gasteiger partial charge in [-0.25, -0.2) is 0 Å². The Kier molecular flexibility index (Phi) is 5.78. The fraction of sp³-hybridized carbons (Fsp3) is 0.100. The van der Waals surface area contributed by atoms with E-state index in [0.717, 1.165) is 0 Å². The average Bonchev–Trinajstić information content (AvgIpc) is 3.19. The quantitative estimate of drug-likeness (QED) is 0.583. The molecule has 0 aliphatic rings. The van der Waals surface area contributed by atoms with Crippen LogP contribution in [0, 0.1) is 0 Å². The topological polar surface area (TPSA) is 84.1 Å². The third kappa shape index (κ3) is 4.48. The zero-order chi connectivity index (χ0) is 19.2. The second kappa shape index (κ2) is 8.42. The van der Waals surface area contributed by atoms with Gasteiger partial charge in [0.2, 0.25) is 0 Å². The van der Waals surface area contributed by atoms with E-state index in [0.29, 0.717) is 34.3 Å². The molecule has 1 amide bonds. The normalized spacial score (nSPS) is 10.9. The molecule has 0 saturated heterocycles. The summed E-state index contributed by atoms with van der Waals surface area (Å²) < 4.78 is 10.4. The first kappa shape index (κ1) is 18.5. The summed E-state index contributed by atoms with van der Waals surface area (Å²) >= 11 is 6.23. The molecule has 0 spiro atoms. The SMILES string of the molecule is CCOc1cccc(C=Nc2ccc(NC(=O)c3ccco3)c(Cl)c2)c1O. The monoisotopic (exact) mass is 384 g/mol. The van der Waals surface area contributed by atoms with Crippen molar-refractivity contribution in [1.29, 1.82) is 0 Å². The Balaban J connectivity index is 1.75. The van der Waals surface area contributed by atoms with Crippen LogP contribution in [0.3, 0.4) is 0 Å². The Bertz CT molecular complexity index is 968. The number of nitrogens with zero attached hydrogens (tertiary/aromatic N) is 1. The first-order chi connectivity index (χ1) is 13.1. The van der Waals surface area contributed by atoms with E-state index in [2.05, 4.69) is 10.3 Å². The summed E-state index contributed by atoms with van der Waals surface area (Å²) in [6, 6.07) is 13.3. The minimum Gasteiger partial charge on any atom is -0.504 e. The standard InChI is InChI=1S/C20H17ClN2O4/c1-2-26-17-6-3-5-13(19(17)24)12-22-14-8-9-16(15(21)11-14)23-20(25)18-7-4-10-27-18/h3-12,24H,2H2,1H3,(H,23,25). The number of ether oxygens (including phenoxy) is 1. The Morgan fingerprint density at radius 1 is 1.30 bits per heavy atom. The number of anilines is 1. The molecule has 0 aliphatic carbocycles. The number of hydrogen-bond donors (Lipinski definition) is 2. The van der Waals surface area contributed by atoms with Gasteiger partial charge in [0.15, 0.2) is 17.3 Å². The van der Waals surface area contributed by atoms with Gasteiger partial charge in [-0.05, 0) is 49.4 Å². The zero-order valence-electron chi connectivity index (χ0n) is 14.5. The predicted octanol–water partition coefficient (Wildman–Crippen LogP) is 5.04. The van der Waals surface area contributed by atoms with Crippen LogP contribution in [0.5, 0.6) is 11.5 Å². The Hall–Kier alpha value is -3.25. The van der Waals surface area contributed by atoms with Crippen LogP contribution < -0.4 is 10.1 Å². The molecule has 0 fully saturated rings. The van der Waals surface area contributed by atoms with Crippen molar-refractivity contribution in [2.45, 2.75) is 6.92 Å². The van der Waals surface area contributed by atoms with Crippen molar-refractivity contribution in [1.82, 2.24) is 0 Å². The van der Waals surface area contributed by atoms with E-state index in [1.54, 1.807) is 48.5 Å². The van der Waals surface area contributed by atoms with Crippen molar-refractivity contribution < 1.29 is 19.1 Å². The van der Waals surface area contributed by atoms with Crippen LogP contribution in [0.15, 0.2) is 64.2 Å². The molecule has 3 aromatic rings. The second-order valence-corrected chi connectivity index (χ2v) is 5.89. The van der Waals surface area contributed by atoms with Gasteiger partial charge in [0.1, 0.15) is 0 Å². The van der Waals surface area contributed by atoms with Crippen molar-refractivity contribution in [3.8, 4) is 11.5 Å². The molecule has 0 atom stereocenters. The number of carbonyl (C=O) groups excluding carboxylic acids is 1. The maximum absolute atomic E-state index is 12.0. The lowest BCUT2D eigenvalue weighted by molar-refractivity contribution is 0.0996. The smallest absolute Gasteiger partial charge is 0.291 e. The summed E-state index contributed by atoms with van der Waals surface area (Å²) in [7, 11) is 0. The number of furan rings is 1. The maximum Gasteiger partial charge on any atom is 0.291 e. The van der Waals surface area contributed by atoms with Crippen LogP contribution in [-0.2, 0) is 0 Å². The summed E-state index contributed by atoms with van der Waals surface area (Å²) in [5, 5.41) is 13.2. The molecule has 27 heavy (non-hydrogen) atoms. The van der Waals surface area contributed by atoms with Crippen LogP contribution in [-0.4, -0.2) is 23.8 Å². The average molecular weight is 385 g/mol. The number of benzene rings is 2. The van der Waals surface area contributed by atoms with Gasteiger partial charge in [-0.2, -0.15) is 0 Å². The fourth-order valence-electron chi connectivity index (χ4n) is 2.34. The van der Waals surface area contributed by atoms with Gasteiger partial charge < -0.3 is 19.6 Å². The summed E-state index contributed by atoms with van der Waals surface area (Å²) in [5.41, 5.74) is 1.53. The van der Waals surface area contributed by atoms with Gasteiger partial charge in [0.05, 0.1) is 29.3 Å². The third-order valence-corrected chi connectivity index (χ3v) is 3.94. The number of para-hydroxylation sites is 1. The minimum absolute atomic E-state index is 0.0246. The van der Waals surface area contributed by atoms with E-state index >= 15 is 0 Å². The maximum atomic E-state index is 12.0. The number of hydrogen-bond acceptors (Lipinski definition) is 5. The first-order valence-electron chi connectivity index (χ1n) is 8.21. The molecule has 7 heteroatoms. The fourth-order valence-corrected chi connectivity index (χ4v) is 2.56. The number of nitrogens with one attached hydrogen (secondary N) is 1. The van der Waals surface area contributed by atoms with Gasteiger partial charge >= 0.3 is 0 Å². The highest BCUT2D eigenvalue weighted by atomic mass is 35.5. The largest absolute Gasteiger partial charge is 0.504 e. The Morgan fingerprint density at radius 3 is 2.85 bits per heavy atom. The number of rotatable bonds is 6. The molecule has 138 valence electrons. The zero-order valence-corrected chi connectivity index (χ0v) is 15.2. The van der Waals surface area contributed by atoms with E-state index in [4.69, 9.17) is 20.8 Å². The third-order valence-electron chi connectivity index (χ3n) is 3.63. The summed E-state index contributed by atoms with van der Waals surface area (Å²) in [5.74, 6) is 0.223. The number of aromatic hydroxyl groups is 1. The van der Waals surface area contributed by atoms with E-state index in [1.807, 2.05) is 6.92 Å². The van der Waals surface area contributed by atoms with Crippen LogP contribution in [0.2, 0.25) is 5.02 Å². The van der Waals surface area contributed by atoms with E-state index in [1.165, 1.54) is 12.5 Å². The van der Waals surface area contributed by atoms with Crippen LogP contribution in [0.25, 0.3) is 0 Å². The molecule has 0 aliphatic heterocycles. The van der Waals surface area contributed by atoms with Gasteiger partial charge in [0, 0.05) is 11.8 Å². The summed E-state index contributed by atoms with van der Waals surface area (Å²) in [6.45, 7) is 2.30. The lowest BCUT2D eigenvalue weighted by Crippen LogP contribution is -2.10. The lowest BCUT2D eigenvalue weighted by Gasteiger charge is -2.08. The molecule has 2 aromatic carbocycles. The van der Waals surface area contributed by atoms with E-state index in [9.17, 15) is 9.90 Å². The molecule has 0 bridgehead atoms. The Morgan fingerprint density at radius 2 is 2.15 bits per heavy atom. The second-order valence-electron chi connectivity index (χ2n) is 5.48. The number of carbonyl (C=O) groups is 1. The van der Waals surface area contributed by atoms with Gasteiger partial charge in [-0.3, -0.25) is 9.79 Å². The van der Waals surface area contributed by atoms with Crippen molar-refractivity contribution in [2.75, 3.05) is 11.9 Å². The van der Waals surface area contributed by atoms with Crippen LogP contribution in [0.4, 0.5) is 11.4 Å². The molecular formula is C20H17ClN2O4. The minimum atomic E-state index is -0.393. The Labute approximate surface area is 161 Å². The molecule has 0 saturated carbocycles. The summed E-state index contributed by atoms with van der Waals surface area (Å²) in [6.07, 6.45) is 2.94. The molecule has 0 unspecified atom stereocenters. The molecular weight excluding hydrogens is 368 g/mol. The lowest BCUT2D eigenvalue weighted by atomic mass is 10.2. The molecule has 2 N–H and O–H groups in total. The molecule has 1 aromatic heterocycles. The van der Waals surface area contributed by atoms with Crippen molar-refractivity contribution in [3.05, 3.63) is 71.1 Å².